The van der Waals surface area contributed by atoms with Gasteiger partial charge in [0, 0.05) is 11.1 Å². The maximum atomic E-state index is 13.0. The summed E-state index contributed by atoms with van der Waals surface area (Å²) in [7, 11) is 0. The van der Waals surface area contributed by atoms with Crippen molar-refractivity contribution < 1.29 is 32.2 Å². The number of esters is 1. The van der Waals surface area contributed by atoms with Crippen LogP contribution in [0.5, 0.6) is 17.2 Å². The molecule has 0 unspecified atom stereocenters. The Kier molecular flexibility index (Phi) is 6.90. The molecule has 31 heavy (non-hydrogen) atoms. The lowest BCUT2D eigenvalue weighted by molar-refractivity contribution is -0.275. The van der Waals surface area contributed by atoms with Gasteiger partial charge in [-0.25, -0.2) is 4.79 Å². The van der Waals surface area contributed by atoms with Gasteiger partial charge in [0.2, 0.25) is 0 Å². The van der Waals surface area contributed by atoms with Gasteiger partial charge >= 0.3 is 12.3 Å². The van der Waals surface area contributed by atoms with E-state index in [9.17, 15) is 18.0 Å². The van der Waals surface area contributed by atoms with E-state index >= 15 is 0 Å². The summed E-state index contributed by atoms with van der Waals surface area (Å²) in [5, 5.41) is 0. The van der Waals surface area contributed by atoms with Crippen LogP contribution in [0.4, 0.5) is 13.2 Å². The monoisotopic (exact) mass is 494 g/mol. The molecule has 8 heteroatoms. The largest absolute Gasteiger partial charge is 0.573 e. The lowest BCUT2D eigenvalue weighted by Gasteiger charge is -2.21. The van der Waals surface area contributed by atoms with Gasteiger partial charge in [0.05, 0.1) is 4.47 Å². The van der Waals surface area contributed by atoms with Crippen LogP contribution in [0.25, 0.3) is 0 Å². The third kappa shape index (κ3) is 5.58. The molecule has 0 heterocycles. The number of hydrogen-bond acceptors (Lipinski definition) is 4. The topological polar surface area (TPSA) is 44.8 Å². The third-order valence-corrected chi connectivity index (χ3v) is 5.37. The van der Waals surface area contributed by atoms with Crippen molar-refractivity contribution in [2.24, 2.45) is 0 Å². The van der Waals surface area contributed by atoms with Crippen LogP contribution in [0, 0.1) is 13.8 Å². The molecule has 0 fully saturated rings. The number of alkyl halides is 3. The molecule has 0 aliphatic carbocycles. The van der Waals surface area contributed by atoms with Gasteiger partial charge in [0.1, 0.15) is 29.4 Å². The maximum absolute atomic E-state index is 13.0. The molecule has 0 saturated heterocycles. The fraction of sp³-hybridized carbons (Fsp3) is 0.174. The Labute approximate surface area is 185 Å². The minimum atomic E-state index is -4.94. The molecular weight excluding hydrogens is 477 g/mol. The van der Waals surface area contributed by atoms with Crippen molar-refractivity contribution in [2.75, 3.05) is 0 Å². The molecule has 0 spiro atoms. The van der Waals surface area contributed by atoms with Gasteiger partial charge in [0.15, 0.2) is 0 Å². The number of ether oxygens (including phenoxy) is 3. The minimum absolute atomic E-state index is 0.0432. The van der Waals surface area contributed by atoms with E-state index in [1.54, 1.807) is 30.3 Å². The molecular formula is C23H18BrF3O4. The predicted molar refractivity (Wildman–Crippen MR) is 112 cm³/mol. The predicted octanol–water partition coefficient (Wildman–Crippen LogP) is 6.76. The quantitative estimate of drug-likeness (QED) is 0.280. The Morgan fingerprint density at radius 1 is 0.903 bits per heavy atom. The third-order valence-electron chi connectivity index (χ3n) is 4.41. The van der Waals surface area contributed by atoms with Crippen LogP contribution in [0.2, 0.25) is 0 Å². The van der Waals surface area contributed by atoms with E-state index in [1.165, 1.54) is 13.8 Å². The molecule has 0 amide bonds. The number of carbonyl (C=O) groups excluding carboxylic acids is 1. The zero-order valence-electron chi connectivity index (χ0n) is 16.6. The highest BCUT2D eigenvalue weighted by atomic mass is 79.9. The summed E-state index contributed by atoms with van der Waals surface area (Å²) in [6, 6.07) is 17.4. The van der Waals surface area contributed by atoms with Crippen molar-refractivity contribution in [3.63, 3.8) is 0 Å². The molecule has 4 nitrogen and oxygen atoms in total. The van der Waals surface area contributed by atoms with Crippen LogP contribution >= 0.6 is 15.9 Å². The Hall–Kier alpha value is -3.00. The maximum Gasteiger partial charge on any atom is 0.573 e. The van der Waals surface area contributed by atoms with Crippen molar-refractivity contribution in [2.45, 2.75) is 26.8 Å². The Morgan fingerprint density at radius 2 is 1.48 bits per heavy atom. The van der Waals surface area contributed by atoms with Gasteiger partial charge in [-0.15, -0.1) is 13.2 Å². The molecule has 0 aromatic heterocycles. The first-order chi connectivity index (χ1) is 14.7. The van der Waals surface area contributed by atoms with E-state index in [2.05, 4.69) is 20.7 Å². The summed E-state index contributed by atoms with van der Waals surface area (Å²) in [5.74, 6) is -1.00. The molecule has 0 aliphatic heterocycles. The fourth-order valence-corrected chi connectivity index (χ4v) is 3.50. The molecule has 0 atom stereocenters. The zero-order valence-corrected chi connectivity index (χ0v) is 18.2. The second-order valence-corrected chi connectivity index (χ2v) is 7.41. The summed E-state index contributed by atoms with van der Waals surface area (Å²) in [6.45, 7) is 2.99. The van der Waals surface area contributed by atoms with Crippen LogP contribution in [-0.4, -0.2) is 12.3 Å². The van der Waals surface area contributed by atoms with E-state index < -0.39 is 18.1 Å². The lowest BCUT2D eigenvalue weighted by Crippen LogP contribution is -2.21. The van der Waals surface area contributed by atoms with Crippen LogP contribution in [0.1, 0.15) is 27.0 Å². The first-order valence-corrected chi connectivity index (χ1v) is 9.99. The molecule has 0 saturated carbocycles. The van der Waals surface area contributed by atoms with Gasteiger partial charge in [-0.2, -0.15) is 0 Å². The summed E-state index contributed by atoms with van der Waals surface area (Å²) in [6.07, 6.45) is -4.94. The Morgan fingerprint density at radius 3 is 2.06 bits per heavy atom. The van der Waals surface area contributed by atoms with Crippen LogP contribution in [-0.2, 0) is 6.61 Å². The number of para-hydroxylation sites is 1. The average Bonchev–Trinajstić information content (AvgIpc) is 2.73. The van der Waals surface area contributed by atoms with E-state index in [4.69, 9.17) is 9.47 Å². The van der Waals surface area contributed by atoms with E-state index in [1.807, 2.05) is 30.3 Å². The van der Waals surface area contributed by atoms with Gasteiger partial charge in [-0.3, -0.25) is 0 Å². The van der Waals surface area contributed by atoms with E-state index in [0.717, 1.165) is 5.56 Å². The minimum Gasteiger partial charge on any atom is -0.488 e. The first-order valence-electron chi connectivity index (χ1n) is 9.19. The highest BCUT2D eigenvalue weighted by Crippen LogP contribution is 2.44. The van der Waals surface area contributed by atoms with E-state index in [-0.39, 0.29) is 39.3 Å². The molecule has 3 aromatic carbocycles. The number of hydrogen-bond donors (Lipinski definition) is 0. The number of carbonyl (C=O) groups is 1. The van der Waals surface area contributed by atoms with Gasteiger partial charge in [-0.1, -0.05) is 48.5 Å². The molecule has 3 rings (SSSR count). The van der Waals surface area contributed by atoms with Crippen molar-refractivity contribution in [1.82, 2.24) is 0 Å². The highest BCUT2D eigenvalue weighted by Gasteiger charge is 2.36. The smallest absolute Gasteiger partial charge is 0.488 e. The van der Waals surface area contributed by atoms with E-state index in [0.29, 0.717) is 0 Å². The van der Waals surface area contributed by atoms with Gasteiger partial charge < -0.3 is 14.2 Å². The van der Waals surface area contributed by atoms with Gasteiger partial charge in [-0.05, 0) is 47.5 Å². The standard InChI is InChI=1S/C23H18BrF3O4/c1-14-18(22(28)30-17-11-7-4-8-12-17)20(29-13-16-9-5-3-6-10-16)15(2)19(24)21(14)31-23(25,26)27/h3-12H,13H2,1-2H3. The Balaban J connectivity index is 2.07. The summed E-state index contributed by atoms with van der Waals surface area (Å²) < 4.78 is 54.5. The first kappa shape index (κ1) is 22.7. The summed E-state index contributed by atoms with van der Waals surface area (Å²) in [5.41, 5.74) is 0.910. The molecule has 0 bridgehead atoms. The lowest BCUT2D eigenvalue weighted by atomic mass is 10.0. The van der Waals surface area contributed by atoms with Crippen molar-refractivity contribution >= 4 is 21.9 Å². The summed E-state index contributed by atoms with van der Waals surface area (Å²) in [4.78, 5) is 13.0. The van der Waals surface area contributed by atoms with Crippen molar-refractivity contribution in [1.29, 1.82) is 0 Å². The van der Waals surface area contributed by atoms with Crippen LogP contribution in [0.15, 0.2) is 65.1 Å². The summed E-state index contributed by atoms with van der Waals surface area (Å²) >= 11 is 3.15. The molecule has 3 aromatic rings. The number of rotatable bonds is 6. The average molecular weight is 495 g/mol. The molecule has 0 aliphatic rings. The number of benzene rings is 3. The normalized spacial score (nSPS) is 11.2. The molecule has 0 radical (unpaired) electrons. The second-order valence-electron chi connectivity index (χ2n) is 6.62. The van der Waals surface area contributed by atoms with Crippen molar-refractivity contribution in [3.8, 4) is 17.2 Å². The van der Waals surface area contributed by atoms with Crippen LogP contribution in [0.3, 0.4) is 0 Å². The SMILES string of the molecule is Cc1c(Br)c(OC(F)(F)F)c(C)c(C(=O)Oc2ccccc2)c1OCc1ccccc1. The zero-order chi connectivity index (χ0) is 22.6. The fourth-order valence-electron chi connectivity index (χ4n) is 2.95. The van der Waals surface area contributed by atoms with Gasteiger partial charge in [0.25, 0.3) is 0 Å². The van der Waals surface area contributed by atoms with Crippen LogP contribution < -0.4 is 14.2 Å². The molecule has 162 valence electrons. The Bertz CT molecular complexity index is 1070. The van der Waals surface area contributed by atoms with Crippen molar-refractivity contribution in [3.05, 3.63) is 87.4 Å². The second kappa shape index (κ2) is 9.43. The number of halogens is 4. The molecule has 0 N–H and O–H groups in total. The highest BCUT2D eigenvalue weighted by molar-refractivity contribution is 9.10.